The second-order valence-corrected chi connectivity index (χ2v) is 14.4. The molecule has 4 aliphatic rings. The standard InChI is InChI=1S/C23H34N4O6.C10H13N3O3.C7H8.C2H6/c1-14-12-18-23(32)33-11-8-19(28)25-10-5-7-17(25)22(31)26-9-4-3-6-16(26)20(29)24-15(2)21(30)27(18)13-14;1-16-8-4-2-3-7(5-8)13-10(15)12-6-9(11)14;1-7-5-3-2-4-6-7;1-2/h14-18H,3-13H2,1-2H3,(H,24,29);2-5H,6H2,1H3,(H2,11,14)(H2,12,13,15);2-6H,1H3;1-2H3. The van der Waals surface area contributed by atoms with Crippen LogP contribution in [0.1, 0.15) is 78.2 Å². The first-order valence-corrected chi connectivity index (χ1v) is 20.1. The van der Waals surface area contributed by atoms with Gasteiger partial charge in [0.1, 0.15) is 36.5 Å². The molecule has 318 valence electrons. The molecule has 0 aromatic heterocycles. The molecule has 0 spiro atoms. The van der Waals surface area contributed by atoms with Crippen LogP contribution in [0.25, 0.3) is 0 Å². The minimum absolute atomic E-state index is 0.00788. The van der Waals surface area contributed by atoms with Crippen LogP contribution >= 0.6 is 0 Å². The van der Waals surface area contributed by atoms with Crippen molar-refractivity contribution in [3.05, 3.63) is 60.2 Å². The molecule has 16 heteroatoms. The molecule has 4 heterocycles. The molecule has 2 aromatic carbocycles. The Hall–Kier alpha value is -5.67. The fraction of sp³-hybridized carbons (Fsp3) is 0.548. The van der Waals surface area contributed by atoms with Gasteiger partial charge in [0.05, 0.1) is 20.1 Å². The predicted molar refractivity (Wildman–Crippen MR) is 218 cm³/mol. The number of piperidine rings is 1. The van der Waals surface area contributed by atoms with E-state index in [4.69, 9.17) is 15.2 Å². The average Bonchev–Trinajstić information content (AvgIpc) is 3.88. The summed E-state index contributed by atoms with van der Waals surface area (Å²) in [4.78, 5) is 91.6. The van der Waals surface area contributed by atoms with Gasteiger partial charge in [-0.15, -0.1) is 0 Å². The summed E-state index contributed by atoms with van der Waals surface area (Å²) < 4.78 is 10.4. The number of ether oxygens (including phenoxy) is 2. The lowest BCUT2D eigenvalue weighted by atomic mass is 9.99. The zero-order valence-corrected chi connectivity index (χ0v) is 34.7. The van der Waals surface area contributed by atoms with Gasteiger partial charge in [-0.1, -0.05) is 62.7 Å². The quantitative estimate of drug-likeness (QED) is 0.334. The van der Waals surface area contributed by atoms with Crippen molar-refractivity contribution in [2.24, 2.45) is 11.7 Å². The molecule has 5 atom stereocenters. The molecule has 0 radical (unpaired) electrons. The molecule has 6 rings (SSSR count). The number of aryl methyl sites for hydroxylation is 1. The van der Waals surface area contributed by atoms with Crippen LogP contribution in [0.5, 0.6) is 5.75 Å². The van der Waals surface area contributed by atoms with E-state index in [9.17, 15) is 33.6 Å². The highest BCUT2D eigenvalue weighted by Crippen LogP contribution is 2.27. The van der Waals surface area contributed by atoms with Crippen molar-refractivity contribution >= 4 is 47.2 Å². The van der Waals surface area contributed by atoms with Crippen LogP contribution in [-0.4, -0.2) is 120 Å². The number of urea groups is 1. The number of cyclic esters (lactones) is 1. The van der Waals surface area contributed by atoms with Crippen molar-refractivity contribution in [3.8, 4) is 5.75 Å². The lowest BCUT2D eigenvalue weighted by Crippen LogP contribution is -2.59. The Morgan fingerprint density at radius 3 is 2.21 bits per heavy atom. The van der Waals surface area contributed by atoms with Gasteiger partial charge < -0.3 is 45.9 Å². The SMILES string of the molecule is CC.CC1CC2C(=O)OCCC(=O)N3CCCC3C(=O)N3CCCCC3C(=O)NC(C)C(=O)N2C1.COc1cccc(NC(=O)NCC(N)=O)c1.Cc1ccccc1. The molecule has 4 fully saturated rings. The van der Waals surface area contributed by atoms with Crippen LogP contribution < -0.4 is 26.4 Å². The van der Waals surface area contributed by atoms with Crippen LogP contribution in [0.15, 0.2) is 54.6 Å². The van der Waals surface area contributed by atoms with E-state index >= 15 is 0 Å². The van der Waals surface area contributed by atoms with E-state index in [1.165, 1.54) is 17.6 Å². The maximum Gasteiger partial charge on any atom is 0.328 e. The van der Waals surface area contributed by atoms with Gasteiger partial charge in [0.2, 0.25) is 29.5 Å². The summed E-state index contributed by atoms with van der Waals surface area (Å²) in [6.45, 7) is 10.7. The monoisotopic (exact) mass is 807 g/mol. The second-order valence-electron chi connectivity index (χ2n) is 14.4. The van der Waals surface area contributed by atoms with Crippen LogP contribution in [0.3, 0.4) is 0 Å². The maximum absolute atomic E-state index is 13.4. The van der Waals surface area contributed by atoms with E-state index in [0.29, 0.717) is 56.8 Å². The Labute approximate surface area is 341 Å². The number of nitrogens with two attached hydrogens (primary N) is 1. The van der Waals surface area contributed by atoms with E-state index < -0.39 is 42.1 Å². The molecule has 7 amide bonds. The molecular formula is C42H61N7O9. The zero-order chi connectivity index (χ0) is 42.8. The van der Waals surface area contributed by atoms with Gasteiger partial charge in [0, 0.05) is 31.4 Å². The Bertz CT molecular complexity index is 1710. The third-order valence-corrected chi connectivity index (χ3v) is 9.99. The molecular weight excluding hydrogens is 747 g/mol. The predicted octanol–water partition coefficient (Wildman–Crippen LogP) is 3.37. The number of nitrogens with zero attached hydrogens (tertiary/aromatic N) is 3. The first-order chi connectivity index (χ1) is 27.8. The van der Waals surface area contributed by atoms with E-state index in [1.54, 1.807) is 41.0 Å². The van der Waals surface area contributed by atoms with Gasteiger partial charge in [-0.05, 0) is 70.4 Å². The number of rotatable bonds is 4. The molecule has 58 heavy (non-hydrogen) atoms. The molecule has 4 saturated heterocycles. The molecule has 2 aromatic rings. The number of methoxy groups -OCH3 is 1. The van der Waals surface area contributed by atoms with E-state index in [-0.39, 0.29) is 49.1 Å². The normalized spacial score (nSPS) is 23.4. The topological polar surface area (TPSA) is 210 Å². The average molecular weight is 808 g/mol. The summed E-state index contributed by atoms with van der Waals surface area (Å²) in [7, 11) is 1.53. The maximum atomic E-state index is 13.4. The lowest BCUT2D eigenvalue weighted by Gasteiger charge is -2.38. The minimum Gasteiger partial charge on any atom is -0.497 e. The number of carbonyl (C=O) groups excluding carboxylic acids is 7. The number of hydrogen-bond donors (Lipinski definition) is 4. The number of primary amides is 1. The third-order valence-electron chi connectivity index (χ3n) is 9.99. The Kier molecular flexibility index (Phi) is 19.0. The highest BCUT2D eigenvalue weighted by Gasteiger charge is 2.44. The number of anilines is 1. The largest absolute Gasteiger partial charge is 0.497 e. The summed E-state index contributed by atoms with van der Waals surface area (Å²) in [6, 6.07) is 13.8. The smallest absolute Gasteiger partial charge is 0.328 e. The van der Waals surface area contributed by atoms with Gasteiger partial charge in [0.25, 0.3) is 0 Å². The first kappa shape index (κ1) is 46.7. The van der Waals surface area contributed by atoms with Gasteiger partial charge in [-0.25, -0.2) is 9.59 Å². The van der Waals surface area contributed by atoms with Crippen molar-refractivity contribution in [1.82, 2.24) is 25.3 Å². The Balaban J connectivity index is 0.000000296. The number of carbonyl (C=O) groups is 7. The molecule has 5 unspecified atom stereocenters. The van der Waals surface area contributed by atoms with Crippen LogP contribution in [0, 0.1) is 12.8 Å². The van der Waals surface area contributed by atoms with Gasteiger partial charge in [0.15, 0.2) is 0 Å². The number of esters is 1. The fourth-order valence-electron chi connectivity index (χ4n) is 7.17. The molecule has 0 aliphatic carbocycles. The summed E-state index contributed by atoms with van der Waals surface area (Å²) in [6.07, 6.45) is 3.88. The molecule has 4 aliphatic heterocycles. The number of hydrogen-bond acceptors (Lipinski definition) is 9. The number of amides is 7. The van der Waals surface area contributed by atoms with Crippen molar-refractivity contribution in [1.29, 1.82) is 0 Å². The minimum atomic E-state index is -0.825. The summed E-state index contributed by atoms with van der Waals surface area (Å²) in [5.74, 6) is -1.52. The van der Waals surface area contributed by atoms with Gasteiger partial charge >= 0.3 is 12.0 Å². The lowest BCUT2D eigenvalue weighted by molar-refractivity contribution is -0.156. The second kappa shape index (κ2) is 23.5. The summed E-state index contributed by atoms with van der Waals surface area (Å²) in [5, 5.41) is 7.62. The highest BCUT2D eigenvalue weighted by atomic mass is 16.5. The third kappa shape index (κ3) is 13.8. The summed E-state index contributed by atoms with van der Waals surface area (Å²) in [5.41, 5.74) is 6.77. The van der Waals surface area contributed by atoms with Crippen LogP contribution in [0.4, 0.5) is 10.5 Å². The highest BCUT2D eigenvalue weighted by molar-refractivity contribution is 5.96. The van der Waals surface area contributed by atoms with E-state index in [2.05, 4.69) is 35.0 Å². The molecule has 0 saturated carbocycles. The Morgan fingerprint density at radius 2 is 1.55 bits per heavy atom. The van der Waals surface area contributed by atoms with Gasteiger partial charge in [-0.3, -0.25) is 24.0 Å². The molecule has 0 bridgehead atoms. The number of benzene rings is 2. The van der Waals surface area contributed by atoms with Gasteiger partial charge in [-0.2, -0.15) is 0 Å². The number of fused-ring (bicyclic) bond motifs is 3. The zero-order valence-electron chi connectivity index (χ0n) is 34.7. The first-order valence-electron chi connectivity index (χ1n) is 20.1. The fourth-order valence-corrected chi connectivity index (χ4v) is 7.17. The molecule has 16 nitrogen and oxygen atoms in total. The van der Waals surface area contributed by atoms with Crippen molar-refractivity contribution in [2.45, 2.75) is 104 Å². The van der Waals surface area contributed by atoms with E-state index in [1.807, 2.05) is 39.0 Å². The van der Waals surface area contributed by atoms with Crippen molar-refractivity contribution in [2.75, 3.05) is 45.2 Å². The van der Waals surface area contributed by atoms with Crippen LogP contribution in [-0.2, 0) is 33.5 Å². The summed E-state index contributed by atoms with van der Waals surface area (Å²) >= 11 is 0. The van der Waals surface area contributed by atoms with Crippen molar-refractivity contribution < 1.29 is 43.0 Å². The van der Waals surface area contributed by atoms with Crippen LogP contribution in [0.2, 0.25) is 0 Å². The van der Waals surface area contributed by atoms with Crippen molar-refractivity contribution in [3.63, 3.8) is 0 Å². The number of nitrogens with one attached hydrogen (secondary N) is 3. The van der Waals surface area contributed by atoms with E-state index in [0.717, 1.165) is 12.8 Å². The molecule has 5 N–H and O–H groups in total. The Morgan fingerprint density at radius 1 is 0.862 bits per heavy atom.